The molecule has 4 rings (SSSR count). The molecule has 0 N–H and O–H groups in total. The van der Waals surface area contributed by atoms with Gasteiger partial charge in [-0.25, -0.2) is 0 Å². The lowest BCUT2D eigenvalue weighted by Gasteiger charge is -2.30. The topological polar surface area (TPSA) is 12.4 Å². The molecule has 0 heterocycles. The summed E-state index contributed by atoms with van der Waals surface area (Å²) in [5, 5.41) is 4.81. The molecule has 160 valence electrons. The van der Waals surface area contributed by atoms with Gasteiger partial charge in [-0.3, -0.25) is 4.52 Å². The molecule has 4 aromatic rings. The van der Waals surface area contributed by atoms with Gasteiger partial charge in [0, 0.05) is 23.8 Å². The van der Waals surface area contributed by atoms with Gasteiger partial charge in [0.2, 0.25) is 0 Å². The fourth-order valence-electron chi connectivity index (χ4n) is 3.83. The Kier molecular flexibility index (Phi) is 7.38. The van der Waals surface area contributed by atoms with Gasteiger partial charge in [0.1, 0.15) is 6.19 Å². The first-order chi connectivity index (χ1) is 15.7. The van der Waals surface area contributed by atoms with Gasteiger partial charge in [0.25, 0.3) is 0 Å². The first kappa shape index (κ1) is 22.7. The summed E-state index contributed by atoms with van der Waals surface area (Å²) < 4.78 is 5.84. The SMILES string of the molecule is C/C=C\CP(=NP(=S)(c1ccccc1)c1ccccc1)(c1ccccc1)c1ccccc1. The van der Waals surface area contributed by atoms with Gasteiger partial charge in [0.05, 0.1) is 0 Å². The average molecular weight is 472 g/mol. The van der Waals surface area contributed by atoms with E-state index in [0.29, 0.717) is 0 Å². The molecule has 4 aromatic carbocycles. The zero-order valence-electron chi connectivity index (χ0n) is 18.2. The van der Waals surface area contributed by atoms with E-state index in [-0.39, 0.29) is 0 Å². The standard InChI is InChI=1S/C28H27NP2S/c1-2-3-24-30(25-16-8-4-9-17-25,26-18-10-5-11-19-26)29-31(32,27-20-12-6-13-21-27)28-22-14-7-15-23-28/h2-23H,24H2,1H3/b3-2-. The van der Waals surface area contributed by atoms with Crippen molar-refractivity contribution < 1.29 is 0 Å². The summed E-state index contributed by atoms with van der Waals surface area (Å²) in [7, 11) is -2.19. The quantitative estimate of drug-likeness (QED) is 0.223. The highest BCUT2D eigenvalue weighted by Crippen LogP contribution is 2.60. The Balaban J connectivity index is 2.13. The highest BCUT2D eigenvalue weighted by molar-refractivity contribution is 8.22. The fraction of sp³-hybridized carbons (Fsp3) is 0.0714. The molecule has 0 aliphatic carbocycles. The van der Waals surface area contributed by atoms with Gasteiger partial charge < -0.3 is 0 Å². The van der Waals surface area contributed by atoms with Crippen molar-refractivity contribution in [3.05, 3.63) is 133 Å². The van der Waals surface area contributed by atoms with Crippen LogP contribution in [-0.4, -0.2) is 6.16 Å². The van der Waals surface area contributed by atoms with E-state index in [1.165, 1.54) is 10.6 Å². The molecule has 0 spiro atoms. The summed E-state index contributed by atoms with van der Waals surface area (Å²) >= 11 is 6.58. The predicted octanol–water partition coefficient (Wildman–Crippen LogP) is 6.46. The van der Waals surface area contributed by atoms with Crippen LogP contribution in [0.4, 0.5) is 0 Å². The molecule has 0 saturated heterocycles. The number of benzene rings is 4. The molecule has 0 unspecified atom stereocenters. The molecule has 0 saturated carbocycles. The molecule has 0 radical (unpaired) electrons. The highest BCUT2D eigenvalue weighted by atomic mass is 32.4. The van der Waals surface area contributed by atoms with Crippen LogP contribution in [0, 0.1) is 0 Å². The van der Waals surface area contributed by atoms with Crippen LogP contribution in [0.15, 0.2) is 138 Å². The molecule has 32 heavy (non-hydrogen) atoms. The number of nitrogens with zero attached hydrogens (tertiary/aromatic N) is 1. The second-order valence-electron chi connectivity index (χ2n) is 7.53. The lowest BCUT2D eigenvalue weighted by Crippen LogP contribution is -2.21. The van der Waals surface area contributed by atoms with E-state index in [4.69, 9.17) is 16.3 Å². The molecule has 0 aromatic heterocycles. The van der Waals surface area contributed by atoms with E-state index in [0.717, 1.165) is 16.8 Å². The van der Waals surface area contributed by atoms with E-state index in [1.807, 2.05) is 12.1 Å². The van der Waals surface area contributed by atoms with Gasteiger partial charge in [-0.1, -0.05) is 145 Å². The first-order valence-electron chi connectivity index (χ1n) is 10.8. The van der Waals surface area contributed by atoms with Gasteiger partial charge in [-0.05, 0) is 17.5 Å². The summed E-state index contributed by atoms with van der Waals surface area (Å²) in [6, 6.07) is 42.5. The van der Waals surface area contributed by atoms with Crippen LogP contribution in [0.1, 0.15) is 6.92 Å². The van der Waals surface area contributed by atoms with Crippen molar-refractivity contribution in [2.45, 2.75) is 6.92 Å². The molecule has 4 heteroatoms. The van der Waals surface area contributed by atoms with E-state index in [9.17, 15) is 0 Å². The second-order valence-corrected chi connectivity index (χ2v) is 15.0. The third-order valence-electron chi connectivity index (χ3n) is 5.46. The van der Waals surface area contributed by atoms with Crippen molar-refractivity contribution in [2.24, 2.45) is 4.52 Å². The van der Waals surface area contributed by atoms with Crippen LogP contribution in [0.3, 0.4) is 0 Å². The van der Waals surface area contributed by atoms with Crippen LogP contribution in [0.25, 0.3) is 0 Å². The average Bonchev–Trinajstić information content (AvgIpc) is 2.88. The zero-order valence-corrected chi connectivity index (χ0v) is 20.8. The zero-order chi connectivity index (χ0) is 22.3. The van der Waals surface area contributed by atoms with Crippen LogP contribution >= 0.6 is 13.2 Å². The lowest BCUT2D eigenvalue weighted by atomic mass is 10.4. The van der Waals surface area contributed by atoms with Crippen LogP contribution in [0.5, 0.6) is 0 Å². The predicted molar refractivity (Wildman–Crippen MR) is 148 cm³/mol. The second kappa shape index (κ2) is 10.4. The van der Waals surface area contributed by atoms with Crippen molar-refractivity contribution in [1.82, 2.24) is 0 Å². The number of rotatable bonds is 7. The van der Waals surface area contributed by atoms with Crippen molar-refractivity contribution in [2.75, 3.05) is 6.16 Å². The summed E-state index contributed by atoms with van der Waals surface area (Å²) in [4.78, 5) is 0. The maximum absolute atomic E-state index is 6.58. The summed E-state index contributed by atoms with van der Waals surface area (Å²) in [5.74, 6) is 0. The van der Waals surface area contributed by atoms with Crippen molar-refractivity contribution in [3.63, 3.8) is 0 Å². The smallest absolute Gasteiger partial charge is 0.111 e. The van der Waals surface area contributed by atoms with E-state index >= 15 is 0 Å². The molecule has 0 bridgehead atoms. The Morgan fingerprint density at radius 1 is 0.594 bits per heavy atom. The maximum atomic E-state index is 6.58. The molecular formula is C28H27NP2S. The van der Waals surface area contributed by atoms with Crippen molar-refractivity contribution >= 4 is 46.3 Å². The molecule has 0 fully saturated rings. The fourth-order valence-corrected chi connectivity index (χ4v) is 13.4. The number of hydrogen-bond acceptors (Lipinski definition) is 1. The largest absolute Gasteiger partial charge is 0.252 e. The number of allylic oxidation sites excluding steroid dienone is 2. The molecule has 0 aliphatic rings. The molecule has 0 amide bonds. The molecule has 0 aliphatic heterocycles. The molecule has 1 nitrogen and oxygen atoms in total. The molecule has 0 atom stereocenters. The summed E-state index contributed by atoms with van der Waals surface area (Å²) in [6.45, 7) is 2.08. The first-order valence-corrected chi connectivity index (χ1v) is 15.4. The Morgan fingerprint density at radius 2 is 0.938 bits per heavy atom. The summed E-state index contributed by atoms with van der Waals surface area (Å²) in [6.07, 6.45) is 2.80. The van der Waals surface area contributed by atoms with Gasteiger partial charge in [0.15, 0.2) is 0 Å². The van der Waals surface area contributed by atoms with Gasteiger partial charge in [-0.15, -0.1) is 0 Å². The molecular weight excluding hydrogens is 444 g/mol. The minimum absolute atomic E-state index is 0.857. The maximum Gasteiger partial charge on any atom is 0.111 e. The Labute approximate surface area is 197 Å². The third-order valence-corrected chi connectivity index (χ3v) is 14.7. The normalized spacial score (nSPS) is 12.0. The van der Waals surface area contributed by atoms with E-state index in [1.54, 1.807) is 0 Å². The van der Waals surface area contributed by atoms with Crippen molar-refractivity contribution in [1.29, 1.82) is 0 Å². The van der Waals surface area contributed by atoms with Crippen molar-refractivity contribution in [3.8, 4) is 0 Å². The third kappa shape index (κ3) is 4.64. The number of hydrogen-bond donors (Lipinski definition) is 0. The Hall–Kier alpha value is -2.50. The van der Waals surface area contributed by atoms with Crippen LogP contribution in [0.2, 0.25) is 0 Å². The minimum Gasteiger partial charge on any atom is -0.252 e. The Morgan fingerprint density at radius 3 is 1.28 bits per heavy atom. The van der Waals surface area contributed by atoms with Crippen LogP contribution in [-0.2, 0) is 11.8 Å². The lowest BCUT2D eigenvalue weighted by molar-refractivity contribution is 1.60. The summed E-state index contributed by atoms with van der Waals surface area (Å²) in [5.41, 5.74) is 0. The minimum atomic E-state index is -2.44. The highest BCUT2D eigenvalue weighted by Gasteiger charge is 2.30. The van der Waals surface area contributed by atoms with Crippen LogP contribution < -0.4 is 21.2 Å². The van der Waals surface area contributed by atoms with Gasteiger partial charge in [-0.2, -0.15) is 0 Å². The van der Waals surface area contributed by atoms with Gasteiger partial charge >= 0.3 is 0 Å². The van der Waals surface area contributed by atoms with E-state index < -0.39 is 13.2 Å². The monoisotopic (exact) mass is 471 g/mol. The van der Waals surface area contributed by atoms with E-state index in [2.05, 4.69) is 128 Å². The Bertz CT molecular complexity index is 1180.